The lowest BCUT2D eigenvalue weighted by atomic mass is 9.99. The summed E-state index contributed by atoms with van der Waals surface area (Å²) >= 11 is 1.92. The van der Waals surface area contributed by atoms with Gasteiger partial charge < -0.3 is 5.73 Å². The van der Waals surface area contributed by atoms with Gasteiger partial charge in [-0.1, -0.05) is 13.3 Å². The molecule has 3 rings (SSSR count). The monoisotopic (exact) mass is 275 g/mol. The summed E-state index contributed by atoms with van der Waals surface area (Å²) in [5, 5.41) is 4.64. The van der Waals surface area contributed by atoms with E-state index in [-0.39, 0.29) is 0 Å². The van der Waals surface area contributed by atoms with Crippen molar-refractivity contribution >= 4 is 17.2 Å². The highest BCUT2D eigenvalue weighted by Gasteiger charge is 2.20. The fourth-order valence-electron chi connectivity index (χ4n) is 2.88. The van der Waals surface area contributed by atoms with Gasteiger partial charge in [0.2, 0.25) is 0 Å². The minimum Gasteiger partial charge on any atom is -0.384 e. The number of aromatic nitrogens is 2. The van der Waals surface area contributed by atoms with Gasteiger partial charge in [-0.05, 0) is 43.7 Å². The zero-order chi connectivity index (χ0) is 13.4. The number of hydrogen-bond donors (Lipinski definition) is 1. The molecule has 0 amide bonds. The van der Waals surface area contributed by atoms with Crippen LogP contribution in [0.1, 0.15) is 42.2 Å². The molecular formula is C15H21N3S. The highest BCUT2D eigenvalue weighted by atomic mass is 32.1. The Morgan fingerprint density at radius 3 is 2.89 bits per heavy atom. The van der Waals surface area contributed by atoms with Crippen LogP contribution in [0.5, 0.6) is 0 Å². The summed E-state index contributed by atoms with van der Waals surface area (Å²) in [7, 11) is 1.94. The smallest absolute Gasteiger partial charge is 0.125 e. The van der Waals surface area contributed by atoms with Crippen LogP contribution >= 0.6 is 11.3 Å². The van der Waals surface area contributed by atoms with Gasteiger partial charge in [-0.15, -0.1) is 11.3 Å². The van der Waals surface area contributed by atoms with Crippen molar-refractivity contribution < 1.29 is 0 Å². The largest absolute Gasteiger partial charge is 0.384 e. The van der Waals surface area contributed by atoms with Crippen molar-refractivity contribution in [3.05, 3.63) is 22.1 Å². The van der Waals surface area contributed by atoms with E-state index < -0.39 is 0 Å². The van der Waals surface area contributed by atoms with Gasteiger partial charge in [0.25, 0.3) is 0 Å². The zero-order valence-electron chi connectivity index (χ0n) is 11.7. The van der Waals surface area contributed by atoms with Crippen LogP contribution in [-0.2, 0) is 26.3 Å². The maximum Gasteiger partial charge on any atom is 0.125 e. The molecule has 0 atom stereocenters. The first-order chi connectivity index (χ1) is 9.20. The van der Waals surface area contributed by atoms with Crippen molar-refractivity contribution in [3.63, 3.8) is 0 Å². The highest BCUT2D eigenvalue weighted by Crippen LogP contribution is 2.38. The van der Waals surface area contributed by atoms with Gasteiger partial charge >= 0.3 is 0 Å². The molecule has 0 bridgehead atoms. The lowest BCUT2D eigenvalue weighted by Crippen LogP contribution is -1.99. The first-order valence-corrected chi connectivity index (χ1v) is 7.95. The predicted molar refractivity (Wildman–Crippen MR) is 81.6 cm³/mol. The summed E-state index contributed by atoms with van der Waals surface area (Å²) in [5.41, 5.74) is 10.0. The van der Waals surface area contributed by atoms with E-state index in [1.165, 1.54) is 41.7 Å². The molecule has 0 spiro atoms. The molecule has 2 heterocycles. The maximum absolute atomic E-state index is 6.15. The second kappa shape index (κ2) is 5.00. The number of hydrogen-bond acceptors (Lipinski definition) is 3. The van der Waals surface area contributed by atoms with Crippen LogP contribution in [0.4, 0.5) is 5.82 Å². The molecule has 0 aromatic carbocycles. The Balaban J connectivity index is 2.06. The minimum atomic E-state index is 0.822. The molecule has 0 unspecified atom stereocenters. The number of nitrogen functional groups attached to an aromatic ring is 1. The molecule has 2 aromatic heterocycles. The topological polar surface area (TPSA) is 43.8 Å². The van der Waals surface area contributed by atoms with Gasteiger partial charge in [0.15, 0.2) is 0 Å². The average Bonchev–Trinajstić information content (AvgIpc) is 2.95. The molecule has 102 valence electrons. The Labute approximate surface area is 118 Å². The zero-order valence-corrected chi connectivity index (χ0v) is 12.5. The molecule has 0 radical (unpaired) electrons. The van der Waals surface area contributed by atoms with E-state index in [0.29, 0.717) is 0 Å². The van der Waals surface area contributed by atoms with Crippen LogP contribution < -0.4 is 5.73 Å². The molecule has 0 saturated carbocycles. The third kappa shape index (κ3) is 2.18. The Kier molecular flexibility index (Phi) is 3.35. The fourth-order valence-corrected chi connectivity index (χ4v) is 4.15. The van der Waals surface area contributed by atoms with Crippen LogP contribution in [-0.4, -0.2) is 9.78 Å². The van der Waals surface area contributed by atoms with Gasteiger partial charge in [0.05, 0.1) is 4.88 Å². The van der Waals surface area contributed by atoms with E-state index in [9.17, 15) is 0 Å². The summed E-state index contributed by atoms with van der Waals surface area (Å²) in [4.78, 5) is 2.87. The van der Waals surface area contributed by atoms with Gasteiger partial charge in [-0.25, -0.2) is 0 Å². The standard InChI is InChI=1S/C15H21N3S/c1-3-6-11-14(17-18(2)15(11)16)13-9-10-7-4-5-8-12(10)19-13/h9H,3-8,16H2,1-2H3. The molecule has 1 aliphatic rings. The number of aryl methyl sites for hydroxylation is 3. The summed E-state index contributed by atoms with van der Waals surface area (Å²) in [6, 6.07) is 2.35. The average molecular weight is 275 g/mol. The maximum atomic E-state index is 6.15. The Hall–Kier alpha value is -1.29. The number of fused-ring (bicyclic) bond motifs is 1. The Morgan fingerprint density at radius 1 is 1.37 bits per heavy atom. The van der Waals surface area contributed by atoms with Crippen molar-refractivity contribution in [2.75, 3.05) is 5.73 Å². The summed E-state index contributed by atoms with van der Waals surface area (Å²) in [6.07, 6.45) is 7.25. The number of nitrogens with two attached hydrogens (primary N) is 1. The highest BCUT2D eigenvalue weighted by molar-refractivity contribution is 7.15. The number of thiophene rings is 1. The van der Waals surface area contributed by atoms with Crippen molar-refractivity contribution in [3.8, 4) is 10.6 Å². The second-order valence-corrected chi connectivity index (χ2v) is 6.49. The number of nitrogens with zero attached hydrogens (tertiary/aromatic N) is 2. The minimum absolute atomic E-state index is 0.822. The van der Waals surface area contributed by atoms with E-state index in [1.54, 1.807) is 4.88 Å². The van der Waals surface area contributed by atoms with Crippen molar-refractivity contribution in [1.29, 1.82) is 0 Å². The molecule has 1 aliphatic carbocycles. The molecule has 4 heteroatoms. The van der Waals surface area contributed by atoms with Gasteiger partial charge in [0, 0.05) is 17.5 Å². The first-order valence-electron chi connectivity index (χ1n) is 7.14. The normalized spacial score (nSPS) is 14.6. The fraction of sp³-hybridized carbons (Fsp3) is 0.533. The summed E-state index contributed by atoms with van der Waals surface area (Å²) < 4.78 is 1.82. The predicted octanol–water partition coefficient (Wildman–Crippen LogP) is 3.56. The molecule has 0 aliphatic heterocycles. The first kappa shape index (κ1) is 12.7. The summed E-state index contributed by atoms with van der Waals surface area (Å²) in [6.45, 7) is 2.19. The van der Waals surface area contributed by atoms with Crippen molar-refractivity contribution in [1.82, 2.24) is 9.78 Å². The lowest BCUT2D eigenvalue weighted by molar-refractivity contribution is 0.697. The molecule has 2 N–H and O–H groups in total. The van der Waals surface area contributed by atoms with E-state index in [1.807, 2.05) is 23.1 Å². The van der Waals surface area contributed by atoms with Crippen LogP contribution in [0, 0.1) is 0 Å². The second-order valence-electron chi connectivity index (χ2n) is 5.35. The van der Waals surface area contributed by atoms with Crippen molar-refractivity contribution in [2.24, 2.45) is 7.05 Å². The lowest BCUT2D eigenvalue weighted by Gasteiger charge is -2.08. The third-order valence-electron chi connectivity index (χ3n) is 3.92. The van der Waals surface area contributed by atoms with Gasteiger partial charge in [0.1, 0.15) is 11.5 Å². The molecule has 3 nitrogen and oxygen atoms in total. The van der Waals surface area contributed by atoms with Crippen LogP contribution in [0.3, 0.4) is 0 Å². The van der Waals surface area contributed by atoms with Gasteiger partial charge in [-0.2, -0.15) is 5.10 Å². The van der Waals surface area contributed by atoms with E-state index in [4.69, 9.17) is 5.73 Å². The SMILES string of the molecule is CCCc1c(-c2cc3c(s2)CCCC3)nn(C)c1N. The van der Waals surface area contributed by atoms with E-state index in [0.717, 1.165) is 24.4 Å². The quantitative estimate of drug-likeness (QED) is 0.930. The molecule has 0 fully saturated rings. The molecular weight excluding hydrogens is 254 g/mol. The number of rotatable bonds is 3. The van der Waals surface area contributed by atoms with Crippen LogP contribution in [0.25, 0.3) is 10.6 Å². The third-order valence-corrected chi connectivity index (χ3v) is 5.17. The van der Waals surface area contributed by atoms with Crippen molar-refractivity contribution in [2.45, 2.75) is 45.4 Å². The molecule has 19 heavy (non-hydrogen) atoms. The van der Waals surface area contributed by atoms with E-state index in [2.05, 4.69) is 18.1 Å². The van der Waals surface area contributed by atoms with Gasteiger partial charge in [-0.3, -0.25) is 4.68 Å². The Bertz CT molecular complexity index is 571. The van der Waals surface area contributed by atoms with Crippen LogP contribution in [0.15, 0.2) is 6.07 Å². The van der Waals surface area contributed by atoms with E-state index >= 15 is 0 Å². The molecule has 2 aromatic rings. The number of anilines is 1. The van der Waals surface area contributed by atoms with Crippen LogP contribution in [0.2, 0.25) is 0 Å². The summed E-state index contributed by atoms with van der Waals surface area (Å²) in [5.74, 6) is 0.822. The Morgan fingerprint density at radius 2 is 2.16 bits per heavy atom. The molecule has 0 saturated heterocycles.